The van der Waals surface area contributed by atoms with Crippen LogP contribution in [0.25, 0.3) is 0 Å². The van der Waals surface area contributed by atoms with Gasteiger partial charge in [-0.05, 0) is 31.9 Å². The lowest BCUT2D eigenvalue weighted by atomic mass is 10.1. The minimum absolute atomic E-state index is 0.347. The minimum Gasteiger partial charge on any atom is -0.390 e. The molecule has 0 spiro atoms. The third-order valence-corrected chi connectivity index (χ3v) is 2.44. The average molecular weight is 244 g/mol. The maximum Gasteiger partial charge on any atom is 0.0811 e. The summed E-state index contributed by atoms with van der Waals surface area (Å²) in [5.41, 5.74) is 2.19. The zero-order chi connectivity index (χ0) is 13.2. The van der Waals surface area contributed by atoms with Crippen LogP contribution in [0.15, 0.2) is 42.0 Å². The second-order valence-electron chi connectivity index (χ2n) is 4.24. The van der Waals surface area contributed by atoms with Crippen LogP contribution < -0.4 is 0 Å². The highest BCUT2D eigenvalue weighted by Crippen LogP contribution is 2.06. The maximum atomic E-state index is 9.78. The maximum absolute atomic E-state index is 9.78. The van der Waals surface area contributed by atoms with Crippen LogP contribution in [0.1, 0.15) is 25.8 Å². The van der Waals surface area contributed by atoms with Gasteiger partial charge >= 0.3 is 0 Å². The molecule has 1 atom stereocenters. The molecular formula is C16H20O2. The number of benzene rings is 1. The van der Waals surface area contributed by atoms with Crippen molar-refractivity contribution in [2.24, 2.45) is 0 Å². The van der Waals surface area contributed by atoms with Crippen molar-refractivity contribution >= 4 is 0 Å². The highest BCUT2D eigenvalue weighted by molar-refractivity contribution is 5.19. The van der Waals surface area contributed by atoms with E-state index in [9.17, 15) is 5.11 Å². The molecule has 0 aliphatic carbocycles. The second kappa shape index (κ2) is 8.52. The van der Waals surface area contributed by atoms with Gasteiger partial charge in [-0.3, -0.25) is 0 Å². The first kappa shape index (κ1) is 14.5. The van der Waals surface area contributed by atoms with Gasteiger partial charge in [0.05, 0.1) is 19.3 Å². The summed E-state index contributed by atoms with van der Waals surface area (Å²) in [6, 6.07) is 9.95. The predicted molar refractivity (Wildman–Crippen MR) is 73.9 cm³/mol. The Morgan fingerprint density at radius 1 is 1.39 bits per heavy atom. The third kappa shape index (κ3) is 6.24. The number of hydrogen-bond donors (Lipinski definition) is 1. The average Bonchev–Trinajstić information content (AvgIpc) is 2.37. The monoisotopic (exact) mass is 244 g/mol. The van der Waals surface area contributed by atoms with Crippen LogP contribution >= 0.6 is 0 Å². The fraction of sp³-hybridized carbons (Fsp3) is 0.375. The Balaban J connectivity index is 2.24. The first-order valence-corrected chi connectivity index (χ1v) is 6.10. The van der Waals surface area contributed by atoms with Crippen molar-refractivity contribution in [3.05, 3.63) is 47.5 Å². The quantitative estimate of drug-likeness (QED) is 0.780. The zero-order valence-electron chi connectivity index (χ0n) is 11.0. The van der Waals surface area contributed by atoms with E-state index < -0.39 is 6.10 Å². The zero-order valence-corrected chi connectivity index (χ0v) is 11.0. The molecule has 18 heavy (non-hydrogen) atoms. The molecule has 0 radical (unpaired) electrons. The molecule has 0 bridgehead atoms. The van der Waals surface area contributed by atoms with E-state index in [1.807, 2.05) is 43.3 Å². The molecule has 2 heteroatoms. The van der Waals surface area contributed by atoms with Gasteiger partial charge in [-0.25, -0.2) is 0 Å². The van der Waals surface area contributed by atoms with Crippen molar-refractivity contribution in [3.8, 4) is 11.8 Å². The molecule has 0 heterocycles. The molecular weight excluding hydrogens is 224 g/mol. The summed E-state index contributed by atoms with van der Waals surface area (Å²) < 4.78 is 5.47. The molecule has 1 aromatic carbocycles. The standard InChI is InChI=1S/C16H20O2/c1-3-4-8-14(2)11-16(17)13-18-12-15-9-6-5-7-10-15/h5-10,16-17H,11-13H2,1-2H3/b14-8-. The molecule has 0 aliphatic heterocycles. The Kier molecular flexibility index (Phi) is 6.86. The van der Waals surface area contributed by atoms with E-state index >= 15 is 0 Å². The van der Waals surface area contributed by atoms with Gasteiger partial charge in [0.1, 0.15) is 0 Å². The van der Waals surface area contributed by atoms with Gasteiger partial charge in [0.15, 0.2) is 0 Å². The van der Waals surface area contributed by atoms with Gasteiger partial charge in [-0.2, -0.15) is 0 Å². The molecule has 1 aromatic rings. The van der Waals surface area contributed by atoms with Gasteiger partial charge in [0.25, 0.3) is 0 Å². The van der Waals surface area contributed by atoms with E-state index in [0.717, 1.165) is 11.1 Å². The number of aliphatic hydroxyl groups excluding tert-OH is 1. The van der Waals surface area contributed by atoms with Crippen molar-refractivity contribution in [2.45, 2.75) is 33.0 Å². The minimum atomic E-state index is -0.469. The molecule has 0 aliphatic rings. The summed E-state index contributed by atoms with van der Waals surface area (Å²) in [6.07, 6.45) is 1.97. The Morgan fingerprint density at radius 2 is 2.11 bits per heavy atom. The van der Waals surface area contributed by atoms with Crippen LogP contribution in [0.2, 0.25) is 0 Å². The SMILES string of the molecule is CC#C/C=C(/C)CC(O)COCc1ccccc1. The second-order valence-corrected chi connectivity index (χ2v) is 4.24. The van der Waals surface area contributed by atoms with Crippen LogP contribution in [-0.2, 0) is 11.3 Å². The van der Waals surface area contributed by atoms with Crippen LogP contribution in [0.3, 0.4) is 0 Å². The fourth-order valence-corrected chi connectivity index (χ4v) is 1.57. The van der Waals surface area contributed by atoms with Crippen LogP contribution in [0.4, 0.5) is 0 Å². The van der Waals surface area contributed by atoms with E-state index in [4.69, 9.17) is 4.74 Å². The molecule has 0 aromatic heterocycles. The number of rotatable bonds is 6. The summed E-state index contributed by atoms with van der Waals surface area (Å²) in [4.78, 5) is 0. The van der Waals surface area contributed by atoms with Crippen molar-refractivity contribution in [1.82, 2.24) is 0 Å². The van der Waals surface area contributed by atoms with Crippen molar-refractivity contribution in [1.29, 1.82) is 0 Å². The predicted octanol–water partition coefficient (Wildman–Crippen LogP) is 2.92. The van der Waals surface area contributed by atoms with Crippen LogP contribution in [-0.4, -0.2) is 17.8 Å². The Bertz CT molecular complexity index is 423. The summed E-state index contributed by atoms with van der Waals surface area (Å²) in [5.74, 6) is 5.67. The topological polar surface area (TPSA) is 29.5 Å². The number of aliphatic hydroxyl groups is 1. The molecule has 1 unspecified atom stereocenters. The number of ether oxygens (including phenoxy) is 1. The highest BCUT2D eigenvalue weighted by Gasteiger charge is 2.05. The van der Waals surface area contributed by atoms with Crippen molar-refractivity contribution in [3.63, 3.8) is 0 Å². The van der Waals surface area contributed by atoms with Gasteiger partial charge in [-0.1, -0.05) is 41.8 Å². The van der Waals surface area contributed by atoms with Gasteiger partial charge in [-0.15, -0.1) is 5.92 Å². The largest absolute Gasteiger partial charge is 0.390 e. The van der Waals surface area contributed by atoms with E-state index in [1.165, 1.54) is 0 Å². The van der Waals surface area contributed by atoms with Crippen molar-refractivity contribution in [2.75, 3.05) is 6.61 Å². The lowest BCUT2D eigenvalue weighted by Crippen LogP contribution is -2.15. The molecule has 0 amide bonds. The molecule has 0 fully saturated rings. The molecule has 1 N–H and O–H groups in total. The summed E-state index contributed by atoms with van der Waals surface area (Å²) >= 11 is 0. The van der Waals surface area contributed by atoms with Crippen molar-refractivity contribution < 1.29 is 9.84 Å². The summed E-state index contributed by atoms with van der Waals surface area (Å²) in [5, 5.41) is 9.78. The van der Waals surface area contributed by atoms with Gasteiger partial charge in [0, 0.05) is 0 Å². The van der Waals surface area contributed by atoms with Crippen LogP contribution in [0.5, 0.6) is 0 Å². The number of allylic oxidation sites excluding steroid dienone is 1. The van der Waals surface area contributed by atoms with E-state index in [1.54, 1.807) is 6.92 Å². The highest BCUT2D eigenvalue weighted by atomic mass is 16.5. The van der Waals surface area contributed by atoms with Gasteiger partial charge < -0.3 is 9.84 Å². The summed E-state index contributed by atoms with van der Waals surface area (Å²) in [6.45, 7) is 4.64. The molecule has 0 saturated heterocycles. The molecule has 0 saturated carbocycles. The third-order valence-electron chi connectivity index (χ3n) is 2.44. The fourth-order valence-electron chi connectivity index (χ4n) is 1.57. The van der Waals surface area contributed by atoms with Crippen LogP contribution in [0, 0.1) is 11.8 Å². The number of hydrogen-bond acceptors (Lipinski definition) is 2. The normalized spacial score (nSPS) is 12.7. The van der Waals surface area contributed by atoms with Gasteiger partial charge in [0.2, 0.25) is 0 Å². The lowest BCUT2D eigenvalue weighted by Gasteiger charge is -2.11. The van der Waals surface area contributed by atoms with E-state index in [0.29, 0.717) is 19.6 Å². The smallest absolute Gasteiger partial charge is 0.0811 e. The molecule has 96 valence electrons. The van der Waals surface area contributed by atoms with E-state index in [2.05, 4.69) is 11.8 Å². The van der Waals surface area contributed by atoms with E-state index in [-0.39, 0.29) is 0 Å². The molecule has 2 nitrogen and oxygen atoms in total. The molecule has 1 rings (SSSR count). The Labute approximate surface area is 109 Å². The summed E-state index contributed by atoms with van der Waals surface area (Å²) in [7, 11) is 0. The lowest BCUT2D eigenvalue weighted by molar-refractivity contribution is 0.0289. The first-order chi connectivity index (χ1) is 8.72. The first-order valence-electron chi connectivity index (χ1n) is 6.10. The Hall–Kier alpha value is -1.56. The Morgan fingerprint density at radius 3 is 2.78 bits per heavy atom.